The van der Waals surface area contributed by atoms with Crippen molar-refractivity contribution in [2.75, 3.05) is 0 Å². The van der Waals surface area contributed by atoms with Crippen LogP contribution in [-0.4, -0.2) is 24.9 Å². The molecule has 290 valence electrons. The highest BCUT2D eigenvalue weighted by Gasteiger charge is 2.17. The fraction of sp³-hybridized carbons (Fsp3) is 0. The lowest BCUT2D eigenvalue weighted by molar-refractivity contribution is 1.07. The smallest absolute Gasteiger partial charge is 0.164 e. The predicted molar refractivity (Wildman–Crippen MR) is 254 cm³/mol. The number of hydrogen-bond donors (Lipinski definition) is 0. The van der Waals surface area contributed by atoms with Gasteiger partial charge in [0.15, 0.2) is 17.5 Å². The van der Waals surface area contributed by atoms with Gasteiger partial charge in [0.25, 0.3) is 0 Å². The molecule has 0 unspecified atom stereocenters. The summed E-state index contributed by atoms with van der Waals surface area (Å²) in [6.07, 6.45) is 0. The van der Waals surface area contributed by atoms with E-state index in [-0.39, 0.29) is 0 Å². The van der Waals surface area contributed by atoms with Crippen molar-refractivity contribution in [3.05, 3.63) is 224 Å². The molecule has 0 aliphatic rings. The summed E-state index contributed by atoms with van der Waals surface area (Å²) in [5, 5.41) is 2.08. The van der Waals surface area contributed by atoms with E-state index in [9.17, 15) is 0 Å². The second-order valence-corrected chi connectivity index (χ2v) is 15.3. The van der Waals surface area contributed by atoms with Crippen LogP contribution in [-0.2, 0) is 0 Å². The van der Waals surface area contributed by atoms with Crippen molar-refractivity contribution >= 4 is 21.8 Å². The van der Waals surface area contributed by atoms with Crippen LogP contribution in [0.4, 0.5) is 0 Å². The molecule has 5 nitrogen and oxygen atoms in total. The number of nitrogens with zero attached hydrogens (tertiary/aromatic N) is 5. The van der Waals surface area contributed by atoms with Crippen LogP contribution in [0.3, 0.4) is 0 Å². The van der Waals surface area contributed by atoms with Crippen LogP contribution in [0.5, 0.6) is 0 Å². The fourth-order valence-corrected chi connectivity index (χ4v) is 8.11. The Bertz CT molecular complexity index is 3350. The molecule has 0 fully saturated rings. The summed E-state index contributed by atoms with van der Waals surface area (Å²) in [6, 6.07) is 77.6. The number of hydrogen-bond acceptors (Lipinski definition) is 5. The third kappa shape index (κ3) is 7.18. The minimum atomic E-state index is 0.598. The van der Waals surface area contributed by atoms with Crippen molar-refractivity contribution in [2.24, 2.45) is 0 Å². The Hall–Kier alpha value is -8.41. The van der Waals surface area contributed by atoms with Gasteiger partial charge in [0.1, 0.15) is 0 Å². The second kappa shape index (κ2) is 16.0. The van der Waals surface area contributed by atoms with Crippen LogP contribution in [0, 0.1) is 0 Å². The van der Waals surface area contributed by atoms with E-state index >= 15 is 0 Å². The molecule has 0 radical (unpaired) electrons. The molecule has 3 heterocycles. The quantitative estimate of drug-likeness (QED) is 0.143. The summed E-state index contributed by atoms with van der Waals surface area (Å²) in [5.41, 5.74) is 15.1. The lowest BCUT2D eigenvalue weighted by atomic mass is 9.94. The predicted octanol–water partition coefficient (Wildman–Crippen LogP) is 14.3. The summed E-state index contributed by atoms with van der Waals surface area (Å²) < 4.78 is 0. The van der Waals surface area contributed by atoms with Gasteiger partial charge in [-0.25, -0.2) is 24.9 Å². The maximum Gasteiger partial charge on any atom is 0.164 e. The number of aromatic nitrogens is 5. The first-order chi connectivity index (χ1) is 30.7. The molecule has 0 spiro atoms. The maximum absolute atomic E-state index is 5.41. The Morgan fingerprint density at radius 1 is 0.226 bits per heavy atom. The van der Waals surface area contributed by atoms with E-state index in [1.165, 1.54) is 5.56 Å². The number of pyridine rings is 2. The van der Waals surface area contributed by atoms with E-state index in [2.05, 4.69) is 170 Å². The largest absolute Gasteiger partial charge is 0.245 e. The van der Waals surface area contributed by atoms with E-state index in [0.29, 0.717) is 17.5 Å². The lowest BCUT2D eigenvalue weighted by Gasteiger charge is -2.14. The second-order valence-electron chi connectivity index (χ2n) is 15.3. The van der Waals surface area contributed by atoms with Gasteiger partial charge >= 0.3 is 0 Å². The Kier molecular flexibility index (Phi) is 9.45. The summed E-state index contributed by atoms with van der Waals surface area (Å²) in [6.45, 7) is 0. The van der Waals surface area contributed by atoms with E-state index in [4.69, 9.17) is 24.9 Å². The van der Waals surface area contributed by atoms with E-state index in [0.717, 1.165) is 88.8 Å². The molecule has 5 heteroatoms. The first-order valence-corrected chi connectivity index (χ1v) is 20.7. The van der Waals surface area contributed by atoms with Gasteiger partial charge in [0, 0.05) is 38.6 Å². The minimum Gasteiger partial charge on any atom is -0.245 e. The monoisotopic (exact) mass is 791 g/mol. The van der Waals surface area contributed by atoms with Crippen LogP contribution >= 0.6 is 0 Å². The van der Waals surface area contributed by atoms with Crippen LogP contribution in [0.15, 0.2) is 224 Å². The van der Waals surface area contributed by atoms with Gasteiger partial charge in [-0.2, -0.15) is 0 Å². The molecule has 11 rings (SSSR count). The van der Waals surface area contributed by atoms with Crippen molar-refractivity contribution in [1.82, 2.24) is 24.9 Å². The molecule has 8 aromatic carbocycles. The van der Waals surface area contributed by atoms with E-state index in [1.54, 1.807) is 0 Å². The van der Waals surface area contributed by atoms with Crippen molar-refractivity contribution in [3.63, 3.8) is 0 Å². The summed E-state index contributed by atoms with van der Waals surface area (Å²) in [4.78, 5) is 25.7. The molecule has 0 atom stereocenters. The molecule has 0 bridgehead atoms. The fourth-order valence-electron chi connectivity index (χ4n) is 8.11. The molecule has 0 amide bonds. The van der Waals surface area contributed by atoms with E-state index < -0.39 is 0 Å². The van der Waals surface area contributed by atoms with Gasteiger partial charge in [0.05, 0.1) is 22.4 Å². The average Bonchev–Trinajstić information content (AvgIpc) is 3.37. The lowest BCUT2D eigenvalue weighted by Crippen LogP contribution is -2.00. The first kappa shape index (κ1) is 36.7. The molecule has 0 aliphatic heterocycles. The first-order valence-electron chi connectivity index (χ1n) is 20.7. The van der Waals surface area contributed by atoms with Crippen molar-refractivity contribution in [1.29, 1.82) is 0 Å². The summed E-state index contributed by atoms with van der Waals surface area (Å²) in [7, 11) is 0. The van der Waals surface area contributed by atoms with Gasteiger partial charge in [0.2, 0.25) is 0 Å². The zero-order chi connectivity index (χ0) is 41.2. The van der Waals surface area contributed by atoms with Crippen LogP contribution in [0.2, 0.25) is 0 Å². The third-order valence-corrected chi connectivity index (χ3v) is 11.3. The Balaban J connectivity index is 1.04. The molecule has 11 aromatic rings. The molecule has 0 N–H and O–H groups in total. The van der Waals surface area contributed by atoms with Gasteiger partial charge in [-0.15, -0.1) is 0 Å². The highest BCUT2D eigenvalue weighted by Crippen LogP contribution is 2.38. The van der Waals surface area contributed by atoms with Gasteiger partial charge in [-0.1, -0.05) is 206 Å². The normalized spacial score (nSPS) is 11.2. The third-order valence-electron chi connectivity index (χ3n) is 11.3. The molecular formula is C57H37N5. The standard InChI is InChI=1S/C57H37N5/c1-5-14-38(15-6-1)40-24-28-45(29-25-40)56-60-55(44-20-11-4-12-21-44)61-57(62-56)46-30-26-42(27-31-46)52-37-50(48-23-13-22-47(36-48)39-16-7-2-8-17-39)49-34-32-43-33-35-51(41-18-9-3-10-19-41)58-53(43)54(49)59-52/h1-37H. The van der Waals surface area contributed by atoms with Crippen LogP contribution < -0.4 is 0 Å². The Labute approximate surface area is 359 Å². The minimum absolute atomic E-state index is 0.598. The van der Waals surface area contributed by atoms with E-state index in [1.807, 2.05) is 54.6 Å². The van der Waals surface area contributed by atoms with Gasteiger partial charge < -0.3 is 0 Å². The van der Waals surface area contributed by atoms with Crippen molar-refractivity contribution in [2.45, 2.75) is 0 Å². The zero-order valence-corrected chi connectivity index (χ0v) is 33.6. The maximum atomic E-state index is 5.41. The molecule has 62 heavy (non-hydrogen) atoms. The average molecular weight is 792 g/mol. The summed E-state index contributed by atoms with van der Waals surface area (Å²) in [5.74, 6) is 1.83. The topological polar surface area (TPSA) is 64.5 Å². The highest BCUT2D eigenvalue weighted by atomic mass is 15.0. The van der Waals surface area contributed by atoms with Crippen molar-refractivity contribution < 1.29 is 0 Å². The molecule has 0 aliphatic carbocycles. The van der Waals surface area contributed by atoms with Gasteiger partial charge in [-0.3, -0.25) is 0 Å². The van der Waals surface area contributed by atoms with Crippen molar-refractivity contribution in [3.8, 4) is 90.1 Å². The van der Waals surface area contributed by atoms with Gasteiger partial charge in [-0.05, 0) is 51.6 Å². The summed E-state index contributed by atoms with van der Waals surface area (Å²) >= 11 is 0. The SMILES string of the molecule is c1ccc(-c2ccc(-c3nc(-c4ccccc4)nc(-c4ccc(-c5cc(-c6cccc(-c7ccccc7)c6)c6ccc7ccc(-c8ccccc8)nc7c6n5)cc4)n3)cc2)cc1. The Morgan fingerprint density at radius 2 is 0.629 bits per heavy atom. The zero-order valence-electron chi connectivity index (χ0n) is 33.6. The number of fused-ring (bicyclic) bond motifs is 3. The molecule has 0 saturated carbocycles. The molecule has 3 aromatic heterocycles. The van der Waals surface area contributed by atoms with Crippen LogP contribution in [0.1, 0.15) is 0 Å². The number of rotatable bonds is 8. The molecule has 0 saturated heterocycles. The number of benzene rings is 8. The molecular weight excluding hydrogens is 755 g/mol. The highest BCUT2D eigenvalue weighted by molar-refractivity contribution is 6.10. The Morgan fingerprint density at radius 3 is 1.23 bits per heavy atom. The van der Waals surface area contributed by atoms with Crippen LogP contribution in [0.25, 0.3) is 112 Å².